The summed E-state index contributed by atoms with van der Waals surface area (Å²) in [4.78, 5) is 28.4. The molecule has 29 heavy (non-hydrogen) atoms. The van der Waals surface area contributed by atoms with Crippen molar-refractivity contribution < 1.29 is 14.0 Å². The van der Waals surface area contributed by atoms with E-state index < -0.39 is 0 Å². The van der Waals surface area contributed by atoms with Gasteiger partial charge in [-0.15, -0.1) is 0 Å². The number of piperazine rings is 1. The number of nitrogens with zero attached hydrogens (tertiary/aromatic N) is 2. The summed E-state index contributed by atoms with van der Waals surface area (Å²) >= 11 is 0. The first-order valence-corrected chi connectivity index (χ1v) is 10.2. The van der Waals surface area contributed by atoms with E-state index >= 15 is 0 Å². The second kappa shape index (κ2) is 8.15. The summed E-state index contributed by atoms with van der Waals surface area (Å²) in [5.41, 5.74) is 1.88. The number of furan rings is 1. The number of amides is 3. The van der Waals surface area contributed by atoms with Crippen LogP contribution in [0.5, 0.6) is 0 Å². The molecule has 1 aliphatic carbocycles. The fraction of sp³-hybridized carbons (Fsp3) is 0.391. The largest absolute Gasteiger partial charge is 0.461 e. The second-order valence-corrected chi connectivity index (χ2v) is 8.00. The van der Waals surface area contributed by atoms with Crippen LogP contribution in [0.2, 0.25) is 0 Å². The van der Waals surface area contributed by atoms with Crippen LogP contribution in [0.15, 0.2) is 46.9 Å². The molecule has 2 aromatic rings. The Labute approximate surface area is 171 Å². The molecule has 1 aromatic heterocycles. The summed E-state index contributed by atoms with van der Waals surface area (Å²) in [6.45, 7) is 6.28. The quantitative estimate of drug-likeness (QED) is 0.796. The molecule has 0 spiro atoms. The first kappa shape index (κ1) is 19.3. The number of urea groups is 1. The fourth-order valence-electron chi connectivity index (χ4n) is 3.69. The Morgan fingerprint density at radius 2 is 1.83 bits per heavy atom. The van der Waals surface area contributed by atoms with Gasteiger partial charge in [0.15, 0.2) is 0 Å². The van der Waals surface area contributed by atoms with Crippen LogP contribution in [0.3, 0.4) is 0 Å². The Morgan fingerprint density at radius 3 is 2.52 bits per heavy atom. The molecule has 2 unspecified atom stereocenters. The molecule has 1 saturated heterocycles. The van der Waals surface area contributed by atoms with E-state index in [-0.39, 0.29) is 11.9 Å². The van der Waals surface area contributed by atoms with Gasteiger partial charge in [0.1, 0.15) is 11.5 Å². The monoisotopic (exact) mass is 393 g/mol. The molecule has 4 rings (SSSR count). The second-order valence-electron chi connectivity index (χ2n) is 8.00. The lowest BCUT2D eigenvalue weighted by Gasteiger charge is -2.34. The molecule has 2 heterocycles. The molecule has 2 fully saturated rings. The van der Waals surface area contributed by atoms with Gasteiger partial charge in [0.05, 0.1) is 0 Å². The van der Waals surface area contributed by atoms with E-state index in [1.165, 1.54) is 6.42 Å². The predicted molar refractivity (Wildman–Crippen MR) is 113 cm³/mol. The van der Waals surface area contributed by atoms with Gasteiger partial charge in [0, 0.05) is 43.9 Å². The van der Waals surface area contributed by atoms with Crippen molar-refractivity contribution in [3.05, 3.63) is 59.6 Å². The normalized spacial score (nSPS) is 21.4. The van der Waals surface area contributed by atoms with Crippen LogP contribution in [-0.2, 0) is 4.79 Å². The molecule has 2 aliphatic rings. The molecule has 1 aromatic carbocycles. The molecular weight excluding hydrogens is 366 g/mol. The van der Waals surface area contributed by atoms with Crippen LogP contribution >= 0.6 is 0 Å². The molecule has 6 nitrogen and oxygen atoms in total. The lowest BCUT2D eigenvalue weighted by atomic mass is 10.2. The maximum atomic E-state index is 12.5. The standard InChI is InChI=1S/C23H27N3O3/c1-16-4-3-5-18(14-16)24-23(28)26-12-10-25(11-13-26)22(27)9-7-19-6-8-21(29-19)20-15-17(20)2/h3-9,14,17,20H,10-13,15H2,1-2H3,(H,24,28)/b9-7+. The lowest BCUT2D eigenvalue weighted by Crippen LogP contribution is -2.51. The van der Waals surface area contributed by atoms with Crippen LogP contribution in [0.25, 0.3) is 6.08 Å². The van der Waals surface area contributed by atoms with Gasteiger partial charge in [-0.25, -0.2) is 4.79 Å². The van der Waals surface area contributed by atoms with E-state index in [1.807, 2.05) is 43.3 Å². The Bertz CT molecular complexity index is 925. The number of rotatable bonds is 4. The minimum atomic E-state index is -0.129. The SMILES string of the molecule is Cc1cccc(NC(=O)N2CCN(C(=O)/C=C/c3ccc(C4CC4C)o3)CC2)c1. The highest BCUT2D eigenvalue weighted by atomic mass is 16.3. The minimum Gasteiger partial charge on any atom is -0.461 e. The molecule has 3 amide bonds. The van der Waals surface area contributed by atoms with Gasteiger partial charge < -0.3 is 19.5 Å². The zero-order valence-electron chi connectivity index (χ0n) is 16.9. The van der Waals surface area contributed by atoms with E-state index in [1.54, 1.807) is 22.0 Å². The third-order valence-electron chi connectivity index (χ3n) is 5.66. The Kier molecular flexibility index (Phi) is 5.43. The zero-order valence-corrected chi connectivity index (χ0v) is 16.9. The van der Waals surface area contributed by atoms with Gasteiger partial charge in [0.25, 0.3) is 0 Å². The Morgan fingerprint density at radius 1 is 1.10 bits per heavy atom. The van der Waals surface area contributed by atoms with Crippen molar-refractivity contribution in [2.75, 3.05) is 31.5 Å². The van der Waals surface area contributed by atoms with Gasteiger partial charge in [0.2, 0.25) is 5.91 Å². The average Bonchev–Trinajstić information content (AvgIpc) is 3.25. The van der Waals surface area contributed by atoms with Crippen molar-refractivity contribution in [1.29, 1.82) is 0 Å². The number of anilines is 1. The van der Waals surface area contributed by atoms with Crippen molar-refractivity contribution in [2.24, 2.45) is 5.92 Å². The van der Waals surface area contributed by atoms with Crippen LogP contribution in [-0.4, -0.2) is 47.9 Å². The third kappa shape index (κ3) is 4.70. The maximum absolute atomic E-state index is 12.5. The van der Waals surface area contributed by atoms with Crippen molar-refractivity contribution in [3.63, 3.8) is 0 Å². The summed E-state index contributed by atoms with van der Waals surface area (Å²) in [6, 6.07) is 11.5. The smallest absolute Gasteiger partial charge is 0.321 e. The van der Waals surface area contributed by atoms with Gasteiger partial charge >= 0.3 is 6.03 Å². The highest BCUT2D eigenvalue weighted by Crippen LogP contribution is 2.47. The lowest BCUT2D eigenvalue weighted by molar-refractivity contribution is -0.127. The van der Waals surface area contributed by atoms with Crippen molar-refractivity contribution in [2.45, 2.75) is 26.2 Å². The molecule has 1 saturated carbocycles. The van der Waals surface area contributed by atoms with Crippen molar-refractivity contribution in [3.8, 4) is 0 Å². The van der Waals surface area contributed by atoms with E-state index in [2.05, 4.69) is 12.2 Å². The number of nitrogens with one attached hydrogen (secondary N) is 1. The molecule has 0 bridgehead atoms. The highest BCUT2D eigenvalue weighted by Gasteiger charge is 2.36. The molecule has 6 heteroatoms. The van der Waals surface area contributed by atoms with E-state index in [0.29, 0.717) is 43.8 Å². The first-order chi connectivity index (χ1) is 14.0. The Hall–Kier alpha value is -3.02. The highest BCUT2D eigenvalue weighted by molar-refractivity contribution is 5.92. The van der Waals surface area contributed by atoms with Crippen LogP contribution in [0, 0.1) is 12.8 Å². The molecule has 152 valence electrons. The van der Waals surface area contributed by atoms with Crippen molar-refractivity contribution in [1.82, 2.24) is 9.80 Å². The Balaban J connectivity index is 1.26. The zero-order chi connectivity index (χ0) is 20.4. The number of benzene rings is 1. The summed E-state index contributed by atoms with van der Waals surface area (Å²) in [7, 11) is 0. The first-order valence-electron chi connectivity index (χ1n) is 10.2. The van der Waals surface area contributed by atoms with Crippen molar-refractivity contribution >= 4 is 23.7 Å². The van der Waals surface area contributed by atoms with Gasteiger partial charge in [-0.1, -0.05) is 19.1 Å². The molecule has 0 radical (unpaired) electrons. The summed E-state index contributed by atoms with van der Waals surface area (Å²) in [5, 5.41) is 2.92. The van der Waals surface area contributed by atoms with Gasteiger partial charge in [-0.3, -0.25) is 4.79 Å². The fourth-order valence-corrected chi connectivity index (χ4v) is 3.69. The predicted octanol–water partition coefficient (Wildman–Crippen LogP) is 4.10. The van der Waals surface area contributed by atoms with E-state index in [0.717, 1.165) is 17.0 Å². The van der Waals surface area contributed by atoms with Crippen LogP contribution < -0.4 is 5.32 Å². The van der Waals surface area contributed by atoms with E-state index in [4.69, 9.17) is 4.42 Å². The summed E-state index contributed by atoms with van der Waals surface area (Å²) in [5.74, 6) is 2.90. The number of carbonyl (C=O) groups excluding carboxylic acids is 2. The average molecular weight is 393 g/mol. The number of aryl methyl sites for hydroxylation is 1. The molecule has 1 aliphatic heterocycles. The summed E-state index contributed by atoms with van der Waals surface area (Å²) < 4.78 is 5.81. The molecule has 1 N–H and O–H groups in total. The number of carbonyl (C=O) groups is 2. The minimum absolute atomic E-state index is 0.0542. The van der Waals surface area contributed by atoms with Crippen LogP contribution in [0.1, 0.15) is 36.3 Å². The summed E-state index contributed by atoms with van der Waals surface area (Å²) in [6.07, 6.45) is 4.47. The molecular formula is C23H27N3O3. The number of hydrogen-bond acceptors (Lipinski definition) is 3. The molecule has 2 atom stereocenters. The van der Waals surface area contributed by atoms with Gasteiger partial charge in [-0.05, 0) is 55.2 Å². The maximum Gasteiger partial charge on any atom is 0.321 e. The van der Waals surface area contributed by atoms with Gasteiger partial charge in [-0.2, -0.15) is 0 Å². The third-order valence-corrected chi connectivity index (χ3v) is 5.66. The van der Waals surface area contributed by atoms with E-state index in [9.17, 15) is 9.59 Å². The van der Waals surface area contributed by atoms with Crippen LogP contribution in [0.4, 0.5) is 10.5 Å². The number of hydrogen-bond donors (Lipinski definition) is 1. The topological polar surface area (TPSA) is 65.8 Å².